The number of hydrogen-bond acceptors (Lipinski definition) is 4. The van der Waals surface area contributed by atoms with Crippen LogP contribution in [0.2, 0.25) is 0 Å². The van der Waals surface area contributed by atoms with E-state index < -0.39 is 21.7 Å². The first kappa shape index (κ1) is 22.2. The highest BCUT2D eigenvalue weighted by Crippen LogP contribution is 2.39. The predicted octanol–water partition coefficient (Wildman–Crippen LogP) is 3.96. The number of benzene rings is 2. The Kier molecular flexibility index (Phi) is 6.13. The van der Waals surface area contributed by atoms with Gasteiger partial charge in [-0.1, -0.05) is 37.3 Å². The third-order valence-electron chi connectivity index (χ3n) is 5.28. The van der Waals surface area contributed by atoms with Crippen LogP contribution in [0.25, 0.3) is 0 Å². The molecule has 1 N–H and O–H groups in total. The number of fused-ring (bicyclic) bond motifs is 1. The average Bonchev–Trinajstić information content (AvgIpc) is 2.63. The molecular weight excluding hydrogens is 400 g/mol. The van der Waals surface area contributed by atoms with E-state index >= 15 is 0 Å². The molecule has 0 radical (unpaired) electrons. The van der Waals surface area contributed by atoms with E-state index in [1.54, 1.807) is 18.2 Å². The number of ether oxygens (including phenoxy) is 1. The highest BCUT2D eigenvalue weighted by molar-refractivity contribution is 7.92. The molecular formula is C23H30N2O4S. The molecule has 30 heavy (non-hydrogen) atoms. The van der Waals surface area contributed by atoms with E-state index in [2.05, 4.69) is 5.32 Å². The van der Waals surface area contributed by atoms with E-state index in [0.717, 1.165) is 23.1 Å². The number of carbonyl (C=O) groups excluding carboxylic acids is 1. The van der Waals surface area contributed by atoms with Crippen molar-refractivity contribution in [1.82, 2.24) is 5.32 Å². The number of sulfonamides is 1. The van der Waals surface area contributed by atoms with Gasteiger partial charge in [-0.2, -0.15) is 0 Å². The third-order valence-corrected chi connectivity index (χ3v) is 6.46. The molecule has 3 rings (SSSR count). The van der Waals surface area contributed by atoms with Crippen molar-refractivity contribution >= 4 is 21.6 Å². The number of rotatable bonds is 6. The summed E-state index contributed by atoms with van der Waals surface area (Å²) in [5.74, 6) is 0.424. The smallest absolute Gasteiger partial charge is 0.244 e. The Morgan fingerprint density at radius 3 is 2.57 bits per heavy atom. The van der Waals surface area contributed by atoms with Crippen LogP contribution in [0.5, 0.6) is 5.75 Å². The van der Waals surface area contributed by atoms with Gasteiger partial charge < -0.3 is 10.1 Å². The molecule has 2 aromatic carbocycles. The zero-order chi connectivity index (χ0) is 22.1. The minimum absolute atomic E-state index is 0.259. The van der Waals surface area contributed by atoms with Crippen LogP contribution in [0.3, 0.4) is 0 Å². The van der Waals surface area contributed by atoms with Gasteiger partial charge >= 0.3 is 0 Å². The first-order chi connectivity index (χ1) is 14.0. The molecule has 2 unspecified atom stereocenters. The molecule has 2 aromatic rings. The normalized spacial score (nSPS) is 18.6. The lowest BCUT2D eigenvalue weighted by molar-refractivity contribution is -0.123. The highest BCUT2D eigenvalue weighted by atomic mass is 32.2. The number of nitrogens with one attached hydrogen (secondary N) is 1. The van der Waals surface area contributed by atoms with Crippen molar-refractivity contribution in [3.8, 4) is 5.75 Å². The summed E-state index contributed by atoms with van der Waals surface area (Å²) >= 11 is 0. The van der Waals surface area contributed by atoms with Crippen LogP contribution in [-0.2, 0) is 14.8 Å². The molecule has 6 nitrogen and oxygen atoms in total. The lowest BCUT2D eigenvalue weighted by Gasteiger charge is -2.39. The largest absolute Gasteiger partial charge is 0.487 e. The van der Waals surface area contributed by atoms with Gasteiger partial charge in [0.15, 0.2) is 0 Å². The van der Waals surface area contributed by atoms with Crippen molar-refractivity contribution in [1.29, 1.82) is 0 Å². The molecule has 0 saturated heterocycles. The molecule has 0 saturated carbocycles. The minimum atomic E-state index is -3.67. The summed E-state index contributed by atoms with van der Waals surface area (Å²) in [6.07, 6.45) is 2.08. The lowest BCUT2D eigenvalue weighted by Crippen LogP contribution is -2.51. The molecule has 1 amide bonds. The van der Waals surface area contributed by atoms with Crippen LogP contribution in [0, 0.1) is 6.92 Å². The summed E-state index contributed by atoms with van der Waals surface area (Å²) in [4.78, 5) is 13.4. The summed E-state index contributed by atoms with van der Waals surface area (Å²) < 4.78 is 32.6. The highest BCUT2D eigenvalue weighted by Gasteiger charge is 2.37. The monoisotopic (exact) mass is 430 g/mol. The summed E-state index contributed by atoms with van der Waals surface area (Å²) in [6, 6.07) is 13.7. The lowest BCUT2D eigenvalue weighted by atomic mass is 9.89. The maximum Gasteiger partial charge on any atom is 0.244 e. The van der Waals surface area contributed by atoms with E-state index in [1.807, 2.05) is 58.0 Å². The van der Waals surface area contributed by atoms with Crippen LogP contribution < -0.4 is 14.4 Å². The van der Waals surface area contributed by atoms with E-state index in [9.17, 15) is 13.2 Å². The number of hydrogen-bond donors (Lipinski definition) is 1. The molecule has 0 bridgehead atoms. The molecule has 1 aliphatic heterocycles. The summed E-state index contributed by atoms with van der Waals surface area (Å²) in [5, 5.41) is 3.09. The zero-order valence-electron chi connectivity index (χ0n) is 18.2. The third kappa shape index (κ3) is 4.78. The van der Waals surface area contributed by atoms with Gasteiger partial charge in [0.25, 0.3) is 0 Å². The van der Waals surface area contributed by atoms with Crippen molar-refractivity contribution in [2.75, 3.05) is 10.6 Å². The number of para-hydroxylation sites is 1. The Bertz CT molecular complexity index is 1030. The number of carbonyl (C=O) groups is 1. The molecule has 1 heterocycles. The molecule has 2 atom stereocenters. The number of nitrogens with zero attached hydrogens (tertiary/aromatic N) is 1. The Hall–Kier alpha value is -2.54. The summed E-state index contributed by atoms with van der Waals surface area (Å²) in [7, 11) is -3.67. The molecule has 0 aliphatic carbocycles. The second kappa shape index (κ2) is 8.30. The zero-order valence-corrected chi connectivity index (χ0v) is 19.0. The van der Waals surface area contributed by atoms with E-state index in [1.165, 1.54) is 4.31 Å². The van der Waals surface area contributed by atoms with Gasteiger partial charge in [-0.15, -0.1) is 0 Å². The number of anilines is 1. The Labute approximate surface area is 179 Å². The second-order valence-corrected chi connectivity index (χ2v) is 10.3. The summed E-state index contributed by atoms with van der Waals surface area (Å²) in [6.45, 7) is 7.68. The average molecular weight is 431 g/mol. The van der Waals surface area contributed by atoms with Crippen molar-refractivity contribution in [2.45, 2.75) is 58.2 Å². The quantitative estimate of drug-likeness (QED) is 0.753. The van der Waals surface area contributed by atoms with Crippen LogP contribution in [0.4, 0.5) is 5.69 Å². The van der Waals surface area contributed by atoms with Crippen molar-refractivity contribution in [3.63, 3.8) is 0 Å². The van der Waals surface area contributed by atoms with Crippen LogP contribution in [0.15, 0.2) is 48.5 Å². The van der Waals surface area contributed by atoms with Gasteiger partial charge in [0.1, 0.15) is 17.4 Å². The maximum atomic E-state index is 13.4. The predicted molar refractivity (Wildman–Crippen MR) is 119 cm³/mol. The first-order valence-electron chi connectivity index (χ1n) is 10.2. The van der Waals surface area contributed by atoms with Gasteiger partial charge in [-0.05, 0) is 51.0 Å². The minimum Gasteiger partial charge on any atom is -0.487 e. The Morgan fingerprint density at radius 1 is 1.23 bits per heavy atom. The Balaban J connectivity index is 1.94. The number of amides is 1. The Morgan fingerprint density at radius 2 is 1.93 bits per heavy atom. The van der Waals surface area contributed by atoms with Crippen LogP contribution in [-0.4, -0.2) is 32.2 Å². The van der Waals surface area contributed by atoms with E-state index in [-0.39, 0.29) is 11.9 Å². The topological polar surface area (TPSA) is 75.7 Å². The fourth-order valence-electron chi connectivity index (χ4n) is 4.02. The van der Waals surface area contributed by atoms with E-state index in [4.69, 9.17) is 4.74 Å². The molecule has 0 fully saturated rings. The van der Waals surface area contributed by atoms with Crippen LogP contribution >= 0.6 is 0 Å². The second-order valence-electron chi connectivity index (χ2n) is 8.49. The van der Waals surface area contributed by atoms with Crippen molar-refractivity contribution in [3.05, 3.63) is 59.7 Å². The van der Waals surface area contributed by atoms with Gasteiger partial charge in [0.2, 0.25) is 15.9 Å². The standard InChI is InChI=1S/C23H30N2O4S/c1-6-20(25(30(5,27)28)17-11-9-10-16(2)14-17)22(26)24-19-15-23(3,4)29-21-13-8-7-12-18(19)21/h7-14,19-20H,6,15H2,1-5H3,(H,24,26). The molecule has 0 spiro atoms. The van der Waals surface area contributed by atoms with Gasteiger partial charge in [0.05, 0.1) is 18.0 Å². The van der Waals surface area contributed by atoms with Crippen LogP contribution in [0.1, 0.15) is 50.8 Å². The van der Waals surface area contributed by atoms with Gasteiger partial charge in [0, 0.05) is 12.0 Å². The van der Waals surface area contributed by atoms with E-state index in [0.29, 0.717) is 18.5 Å². The summed E-state index contributed by atoms with van der Waals surface area (Å²) in [5.41, 5.74) is 1.88. The first-order valence-corrected chi connectivity index (χ1v) is 12.0. The molecule has 162 valence electrons. The fourth-order valence-corrected chi connectivity index (χ4v) is 5.23. The van der Waals surface area contributed by atoms with Crippen molar-refractivity contribution < 1.29 is 17.9 Å². The fraction of sp³-hybridized carbons (Fsp3) is 0.435. The molecule has 7 heteroatoms. The van der Waals surface area contributed by atoms with Gasteiger partial charge in [-0.25, -0.2) is 8.42 Å². The maximum absolute atomic E-state index is 13.4. The SMILES string of the molecule is CCC(C(=O)NC1CC(C)(C)Oc2ccccc21)N(c1cccc(C)c1)S(C)(=O)=O. The molecule has 0 aromatic heterocycles. The van der Waals surface area contributed by atoms with Gasteiger partial charge in [-0.3, -0.25) is 9.10 Å². The van der Waals surface area contributed by atoms with Crippen molar-refractivity contribution in [2.24, 2.45) is 0 Å². The number of aryl methyl sites for hydroxylation is 1. The molecule has 1 aliphatic rings.